The van der Waals surface area contributed by atoms with Crippen molar-refractivity contribution in [3.8, 4) is 10.4 Å². The molecular formula is C31H36N2O6S. The first kappa shape index (κ1) is 28.1. The minimum absolute atomic E-state index is 0.00963. The van der Waals surface area contributed by atoms with Crippen LogP contribution in [-0.4, -0.2) is 55.7 Å². The van der Waals surface area contributed by atoms with Gasteiger partial charge in [0.15, 0.2) is 0 Å². The van der Waals surface area contributed by atoms with Gasteiger partial charge in [0.25, 0.3) is 0 Å². The molecular weight excluding hydrogens is 528 g/mol. The maximum atomic E-state index is 14.2. The summed E-state index contributed by atoms with van der Waals surface area (Å²) in [5.41, 5.74) is 1.55. The number of carbonyl (C=O) groups is 3. The van der Waals surface area contributed by atoms with E-state index in [9.17, 15) is 14.4 Å². The smallest absolute Gasteiger partial charge is 0.377 e. The van der Waals surface area contributed by atoms with E-state index in [0.717, 1.165) is 62.1 Å². The molecule has 1 saturated carbocycles. The van der Waals surface area contributed by atoms with E-state index in [1.807, 2.05) is 41.3 Å². The molecule has 0 radical (unpaired) electrons. The highest BCUT2D eigenvalue weighted by Crippen LogP contribution is 2.41. The Morgan fingerprint density at radius 2 is 1.65 bits per heavy atom. The van der Waals surface area contributed by atoms with Crippen LogP contribution in [0.3, 0.4) is 0 Å². The fourth-order valence-corrected chi connectivity index (χ4v) is 6.62. The standard InChI is InChI=1S/C31H36N2O6S/c1-21-10-12-23(13-11-21)29(34)33(24-14-16-32(2)17-15-24)25-19-27(22-7-4-3-5-8-22)40-28(25)31(36)39-20-38-30(35)26-9-6-18-37-26/h3-9,18-19,21,23-24H,10-17,20H2,1-2H3. The summed E-state index contributed by atoms with van der Waals surface area (Å²) in [6.07, 6.45) is 6.82. The largest absolute Gasteiger partial charge is 0.457 e. The Hall–Kier alpha value is -3.43. The molecule has 0 spiro atoms. The van der Waals surface area contributed by atoms with Crippen molar-refractivity contribution in [3.05, 3.63) is 65.4 Å². The summed E-state index contributed by atoms with van der Waals surface area (Å²) in [6, 6.07) is 14.8. The number of furan rings is 1. The van der Waals surface area contributed by atoms with Crippen LogP contribution in [0, 0.1) is 11.8 Å². The van der Waals surface area contributed by atoms with E-state index in [-0.39, 0.29) is 23.6 Å². The number of esters is 2. The van der Waals surface area contributed by atoms with Gasteiger partial charge in [-0.05, 0) is 88.3 Å². The van der Waals surface area contributed by atoms with Crippen LogP contribution in [0.25, 0.3) is 10.4 Å². The molecule has 0 bridgehead atoms. The predicted octanol–water partition coefficient (Wildman–Crippen LogP) is 6.23. The number of carbonyl (C=O) groups excluding carboxylic acids is 3. The van der Waals surface area contributed by atoms with Crippen LogP contribution in [0.4, 0.5) is 5.69 Å². The number of likely N-dealkylation sites (tertiary alicyclic amines) is 1. The van der Waals surface area contributed by atoms with Crippen LogP contribution >= 0.6 is 11.3 Å². The highest BCUT2D eigenvalue weighted by molar-refractivity contribution is 7.18. The number of benzene rings is 1. The van der Waals surface area contributed by atoms with Gasteiger partial charge in [-0.1, -0.05) is 37.3 Å². The number of rotatable bonds is 8. The van der Waals surface area contributed by atoms with E-state index >= 15 is 0 Å². The molecule has 8 nitrogen and oxygen atoms in total. The summed E-state index contributed by atoms with van der Waals surface area (Å²) < 4.78 is 15.6. The summed E-state index contributed by atoms with van der Waals surface area (Å²) in [5.74, 6) is -0.659. The van der Waals surface area contributed by atoms with Crippen LogP contribution in [-0.2, 0) is 14.3 Å². The third-order valence-corrected chi connectivity index (χ3v) is 9.13. The van der Waals surface area contributed by atoms with E-state index < -0.39 is 18.7 Å². The van der Waals surface area contributed by atoms with Crippen LogP contribution in [0.1, 0.15) is 65.7 Å². The number of hydrogen-bond acceptors (Lipinski definition) is 8. The molecule has 5 rings (SSSR count). The van der Waals surface area contributed by atoms with E-state index in [4.69, 9.17) is 13.9 Å². The number of piperidine rings is 1. The Balaban J connectivity index is 1.45. The summed E-state index contributed by atoms with van der Waals surface area (Å²) >= 11 is 1.30. The van der Waals surface area contributed by atoms with Gasteiger partial charge in [0.2, 0.25) is 18.5 Å². The maximum absolute atomic E-state index is 14.2. The Bertz CT molecular complexity index is 1290. The fourth-order valence-electron chi connectivity index (χ4n) is 5.57. The topological polar surface area (TPSA) is 89.3 Å². The van der Waals surface area contributed by atoms with Crippen molar-refractivity contribution < 1.29 is 28.3 Å². The highest BCUT2D eigenvalue weighted by atomic mass is 32.1. The highest BCUT2D eigenvalue weighted by Gasteiger charge is 2.37. The average molecular weight is 565 g/mol. The van der Waals surface area contributed by atoms with Gasteiger partial charge in [0.05, 0.1) is 12.0 Å². The van der Waals surface area contributed by atoms with Crippen LogP contribution in [0.5, 0.6) is 0 Å². The summed E-state index contributed by atoms with van der Waals surface area (Å²) in [4.78, 5) is 45.2. The van der Waals surface area contributed by atoms with Gasteiger partial charge in [0, 0.05) is 16.8 Å². The van der Waals surface area contributed by atoms with Gasteiger partial charge in [0.1, 0.15) is 4.88 Å². The molecule has 212 valence electrons. The molecule has 2 aliphatic rings. The molecule has 0 unspecified atom stereocenters. The second-order valence-corrected chi connectivity index (χ2v) is 11.9. The fraction of sp³-hybridized carbons (Fsp3) is 0.452. The van der Waals surface area contributed by atoms with Gasteiger partial charge in [-0.25, -0.2) is 9.59 Å². The van der Waals surface area contributed by atoms with Crippen molar-refractivity contribution in [2.75, 3.05) is 31.8 Å². The van der Waals surface area contributed by atoms with Gasteiger partial charge in [-0.3, -0.25) is 4.79 Å². The van der Waals surface area contributed by atoms with E-state index in [1.165, 1.54) is 23.7 Å². The number of amides is 1. The minimum Gasteiger partial charge on any atom is -0.457 e. The van der Waals surface area contributed by atoms with E-state index in [2.05, 4.69) is 18.9 Å². The third-order valence-electron chi connectivity index (χ3n) is 7.97. The molecule has 1 aliphatic carbocycles. The normalized spacial score (nSPS) is 20.1. The lowest BCUT2D eigenvalue weighted by Crippen LogP contribution is -2.49. The molecule has 1 saturated heterocycles. The van der Waals surface area contributed by atoms with Gasteiger partial charge >= 0.3 is 11.9 Å². The second-order valence-electron chi connectivity index (χ2n) is 10.8. The zero-order valence-electron chi connectivity index (χ0n) is 23.0. The molecule has 1 aliphatic heterocycles. The first-order chi connectivity index (χ1) is 19.4. The molecule has 2 fully saturated rings. The van der Waals surface area contributed by atoms with Crippen molar-refractivity contribution in [1.82, 2.24) is 4.90 Å². The molecule has 40 heavy (non-hydrogen) atoms. The predicted molar refractivity (Wildman–Crippen MR) is 153 cm³/mol. The van der Waals surface area contributed by atoms with Crippen molar-refractivity contribution in [1.29, 1.82) is 0 Å². The van der Waals surface area contributed by atoms with Crippen molar-refractivity contribution in [2.24, 2.45) is 11.8 Å². The first-order valence-corrected chi connectivity index (χ1v) is 14.8. The molecule has 3 aromatic rings. The molecule has 0 atom stereocenters. The lowest BCUT2D eigenvalue weighted by molar-refractivity contribution is -0.124. The van der Waals surface area contributed by atoms with Gasteiger partial charge < -0.3 is 23.7 Å². The maximum Gasteiger partial charge on any atom is 0.377 e. The van der Waals surface area contributed by atoms with Crippen LogP contribution < -0.4 is 4.90 Å². The zero-order valence-corrected chi connectivity index (χ0v) is 23.9. The summed E-state index contributed by atoms with van der Waals surface area (Å²) in [6.45, 7) is 3.45. The number of nitrogens with zero attached hydrogens (tertiary/aromatic N) is 2. The number of thiophene rings is 1. The van der Waals surface area contributed by atoms with Gasteiger partial charge in [-0.15, -0.1) is 11.3 Å². The molecule has 2 aromatic heterocycles. The average Bonchev–Trinajstić information content (AvgIpc) is 3.66. The quantitative estimate of drug-likeness (QED) is 0.237. The number of anilines is 1. The van der Waals surface area contributed by atoms with E-state index in [1.54, 1.807) is 6.07 Å². The zero-order chi connectivity index (χ0) is 28.1. The SMILES string of the molecule is CC1CCC(C(=O)N(c2cc(-c3ccccc3)sc2C(=O)OCOC(=O)c2ccco2)C2CCN(C)CC2)CC1. The number of ether oxygens (including phenoxy) is 2. The summed E-state index contributed by atoms with van der Waals surface area (Å²) in [7, 11) is 2.09. The van der Waals surface area contributed by atoms with Crippen LogP contribution in [0.2, 0.25) is 0 Å². The third kappa shape index (κ3) is 6.47. The Kier molecular flexibility index (Phi) is 9.01. The second kappa shape index (κ2) is 12.8. The lowest BCUT2D eigenvalue weighted by Gasteiger charge is -2.40. The Morgan fingerprint density at radius 3 is 2.33 bits per heavy atom. The Labute approximate surface area is 238 Å². The van der Waals surface area contributed by atoms with Crippen LogP contribution in [0.15, 0.2) is 59.2 Å². The van der Waals surface area contributed by atoms with Crippen molar-refractivity contribution >= 4 is 34.9 Å². The first-order valence-electron chi connectivity index (χ1n) is 14.0. The molecule has 3 heterocycles. The lowest BCUT2D eigenvalue weighted by atomic mass is 9.82. The monoisotopic (exact) mass is 564 g/mol. The van der Waals surface area contributed by atoms with Crippen molar-refractivity contribution in [2.45, 2.75) is 51.5 Å². The minimum atomic E-state index is -0.719. The molecule has 9 heteroatoms. The Morgan fingerprint density at radius 1 is 0.950 bits per heavy atom. The van der Waals surface area contributed by atoms with Gasteiger partial charge in [-0.2, -0.15) is 0 Å². The molecule has 1 aromatic carbocycles. The molecule has 1 amide bonds. The van der Waals surface area contributed by atoms with E-state index in [0.29, 0.717) is 16.5 Å². The summed E-state index contributed by atoms with van der Waals surface area (Å²) in [5, 5.41) is 0. The van der Waals surface area contributed by atoms with Crippen molar-refractivity contribution in [3.63, 3.8) is 0 Å². The number of hydrogen-bond donors (Lipinski definition) is 0. The molecule has 0 N–H and O–H groups in total.